The topological polar surface area (TPSA) is 46.8 Å². The summed E-state index contributed by atoms with van der Waals surface area (Å²) in [4.78, 5) is 19.2. The molecule has 122 valence electrons. The van der Waals surface area contributed by atoms with Gasteiger partial charge in [0.25, 0.3) is 0 Å². The molecule has 0 radical (unpaired) electrons. The molecule has 0 unspecified atom stereocenters. The van der Waals surface area contributed by atoms with E-state index in [9.17, 15) is 4.79 Å². The number of imidazole rings is 1. The minimum atomic E-state index is 0.211. The summed E-state index contributed by atoms with van der Waals surface area (Å²) in [5.41, 5.74) is 1.06. The van der Waals surface area contributed by atoms with Gasteiger partial charge in [-0.1, -0.05) is 30.7 Å². The first-order valence-electron chi connectivity index (χ1n) is 8.29. The molecule has 6 heteroatoms. The van der Waals surface area contributed by atoms with E-state index in [-0.39, 0.29) is 18.1 Å². The van der Waals surface area contributed by atoms with Crippen LogP contribution in [0.3, 0.4) is 0 Å². The van der Waals surface area contributed by atoms with E-state index in [1.54, 1.807) is 0 Å². The van der Waals surface area contributed by atoms with Crippen LogP contribution in [0.4, 0.5) is 0 Å². The Morgan fingerprint density at radius 2 is 2.26 bits per heavy atom. The van der Waals surface area contributed by atoms with Crippen LogP contribution in [-0.2, 0) is 9.53 Å². The highest BCUT2D eigenvalue weighted by atomic mass is 32.2. The number of fused-ring (bicyclic) bond motifs is 2. The van der Waals surface area contributed by atoms with Gasteiger partial charge in [0.2, 0.25) is 5.91 Å². The molecule has 3 heterocycles. The minimum absolute atomic E-state index is 0.211. The monoisotopic (exact) mass is 331 g/mol. The van der Waals surface area contributed by atoms with Gasteiger partial charge in [0.15, 0.2) is 5.16 Å². The average Bonchev–Trinajstić information content (AvgIpc) is 3.02. The quantitative estimate of drug-likeness (QED) is 0.811. The third-order valence-electron chi connectivity index (χ3n) is 4.78. The van der Waals surface area contributed by atoms with Crippen molar-refractivity contribution < 1.29 is 9.53 Å². The lowest BCUT2D eigenvalue weighted by Crippen LogP contribution is -2.55. The molecule has 2 fully saturated rings. The zero-order chi connectivity index (χ0) is 15.6. The molecule has 4 rings (SSSR count). The second-order valence-electron chi connectivity index (χ2n) is 6.17. The Labute approximate surface area is 140 Å². The van der Waals surface area contributed by atoms with Gasteiger partial charge < -0.3 is 9.64 Å². The minimum Gasteiger partial charge on any atom is -0.374 e. The molecule has 0 N–H and O–H groups in total. The molecule has 23 heavy (non-hydrogen) atoms. The normalized spacial score (nSPS) is 24.6. The maximum Gasteiger partial charge on any atom is 0.233 e. The van der Waals surface area contributed by atoms with E-state index in [0.717, 1.165) is 30.1 Å². The number of hydrogen-bond acceptors (Lipinski definition) is 4. The van der Waals surface area contributed by atoms with E-state index in [2.05, 4.69) is 9.88 Å². The number of aromatic nitrogens is 2. The van der Waals surface area contributed by atoms with E-state index in [0.29, 0.717) is 12.4 Å². The van der Waals surface area contributed by atoms with Gasteiger partial charge in [0.05, 0.1) is 36.2 Å². The molecule has 2 aromatic heterocycles. The molecule has 2 aromatic rings. The number of ether oxygens (including phenoxy) is 1. The van der Waals surface area contributed by atoms with Crippen LogP contribution in [0.25, 0.3) is 5.52 Å². The van der Waals surface area contributed by atoms with Crippen molar-refractivity contribution in [2.24, 2.45) is 0 Å². The number of amides is 1. The second-order valence-corrected chi connectivity index (χ2v) is 7.12. The van der Waals surface area contributed by atoms with Gasteiger partial charge >= 0.3 is 0 Å². The molecule has 1 saturated heterocycles. The largest absolute Gasteiger partial charge is 0.374 e. The van der Waals surface area contributed by atoms with Crippen LogP contribution >= 0.6 is 11.8 Å². The predicted octanol–water partition coefficient (Wildman–Crippen LogP) is 2.60. The highest BCUT2D eigenvalue weighted by Gasteiger charge is 2.36. The standard InChI is InChI=1S/C17H21N3O2S/c21-16(20-9-10-22-15-7-2-1-6-14(15)20)12-23-17-18-11-13-5-3-4-8-19(13)17/h3-5,8,11,14-15H,1-2,6-7,9-10,12H2/t14-,15+/m0/s1. The summed E-state index contributed by atoms with van der Waals surface area (Å²) in [6.07, 6.45) is 8.67. The Hall–Kier alpha value is -1.53. The number of rotatable bonds is 3. The molecule has 0 bridgehead atoms. The summed E-state index contributed by atoms with van der Waals surface area (Å²) in [7, 11) is 0. The van der Waals surface area contributed by atoms with Gasteiger partial charge in [-0.2, -0.15) is 0 Å². The third kappa shape index (κ3) is 2.97. The van der Waals surface area contributed by atoms with Crippen LogP contribution in [0.15, 0.2) is 35.7 Å². The fraction of sp³-hybridized carbons (Fsp3) is 0.529. The molecule has 1 aliphatic heterocycles. The molecular weight excluding hydrogens is 310 g/mol. The van der Waals surface area contributed by atoms with Gasteiger partial charge in [0.1, 0.15) is 0 Å². The SMILES string of the molecule is O=C(CSc1ncc2ccccn12)N1CCO[C@@H]2CCCC[C@@H]21. The number of hydrogen-bond donors (Lipinski definition) is 0. The molecule has 1 aliphatic carbocycles. The summed E-state index contributed by atoms with van der Waals surface area (Å²) in [5, 5.41) is 0.877. The summed E-state index contributed by atoms with van der Waals surface area (Å²) < 4.78 is 7.88. The Balaban J connectivity index is 1.43. The molecular formula is C17H21N3O2S. The summed E-state index contributed by atoms with van der Waals surface area (Å²) in [5.74, 6) is 0.653. The fourth-order valence-electron chi connectivity index (χ4n) is 3.64. The molecule has 5 nitrogen and oxygen atoms in total. The van der Waals surface area contributed by atoms with Crippen molar-refractivity contribution in [1.82, 2.24) is 14.3 Å². The summed E-state index contributed by atoms with van der Waals surface area (Å²) in [6.45, 7) is 1.40. The van der Waals surface area contributed by atoms with E-state index in [1.807, 2.05) is 35.0 Å². The van der Waals surface area contributed by atoms with Crippen LogP contribution < -0.4 is 0 Å². The van der Waals surface area contributed by atoms with Crippen molar-refractivity contribution in [3.8, 4) is 0 Å². The van der Waals surface area contributed by atoms with Crippen LogP contribution in [0.2, 0.25) is 0 Å². The fourth-order valence-corrected chi connectivity index (χ4v) is 4.49. The zero-order valence-corrected chi connectivity index (χ0v) is 13.9. The van der Waals surface area contributed by atoms with Crippen LogP contribution in [0.1, 0.15) is 25.7 Å². The number of nitrogens with zero attached hydrogens (tertiary/aromatic N) is 3. The van der Waals surface area contributed by atoms with Crippen molar-refractivity contribution in [2.45, 2.75) is 43.0 Å². The van der Waals surface area contributed by atoms with Gasteiger partial charge in [-0.15, -0.1) is 0 Å². The Morgan fingerprint density at radius 3 is 3.22 bits per heavy atom. The Morgan fingerprint density at radius 1 is 1.35 bits per heavy atom. The van der Waals surface area contributed by atoms with Crippen molar-refractivity contribution in [3.05, 3.63) is 30.6 Å². The maximum atomic E-state index is 12.7. The van der Waals surface area contributed by atoms with Crippen LogP contribution in [0, 0.1) is 0 Å². The van der Waals surface area contributed by atoms with Gasteiger partial charge in [0, 0.05) is 12.7 Å². The summed E-state index contributed by atoms with van der Waals surface area (Å²) >= 11 is 1.52. The second kappa shape index (κ2) is 6.53. The first kappa shape index (κ1) is 15.0. The first-order valence-corrected chi connectivity index (χ1v) is 9.27. The smallest absolute Gasteiger partial charge is 0.233 e. The molecule has 2 aliphatic rings. The van der Waals surface area contributed by atoms with Gasteiger partial charge in [-0.05, 0) is 25.0 Å². The van der Waals surface area contributed by atoms with Crippen molar-refractivity contribution in [2.75, 3.05) is 18.9 Å². The van der Waals surface area contributed by atoms with Crippen molar-refractivity contribution >= 4 is 23.2 Å². The number of pyridine rings is 1. The van der Waals surface area contributed by atoms with E-state index < -0.39 is 0 Å². The Bertz CT molecular complexity index is 700. The van der Waals surface area contributed by atoms with Gasteiger partial charge in [-0.3, -0.25) is 9.20 Å². The number of thioether (sulfide) groups is 1. The zero-order valence-electron chi connectivity index (χ0n) is 13.1. The average molecular weight is 331 g/mol. The molecule has 0 spiro atoms. The lowest BCUT2D eigenvalue weighted by Gasteiger charge is -2.43. The van der Waals surface area contributed by atoms with Crippen molar-refractivity contribution in [1.29, 1.82) is 0 Å². The lowest BCUT2D eigenvalue weighted by molar-refractivity contribution is -0.146. The highest BCUT2D eigenvalue weighted by Crippen LogP contribution is 2.29. The van der Waals surface area contributed by atoms with Crippen LogP contribution in [-0.4, -0.2) is 51.2 Å². The molecule has 1 amide bonds. The molecule has 0 aromatic carbocycles. The number of carbonyl (C=O) groups excluding carboxylic acids is 1. The number of carbonyl (C=O) groups is 1. The molecule has 2 atom stereocenters. The lowest BCUT2D eigenvalue weighted by atomic mass is 9.90. The van der Waals surface area contributed by atoms with Crippen LogP contribution in [0.5, 0.6) is 0 Å². The number of morpholine rings is 1. The summed E-state index contributed by atoms with van der Waals surface area (Å²) in [6, 6.07) is 6.28. The van der Waals surface area contributed by atoms with Gasteiger partial charge in [-0.25, -0.2) is 4.98 Å². The Kier molecular flexibility index (Phi) is 4.27. The third-order valence-corrected chi connectivity index (χ3v) is 5.73. The van der Waals surface area contributed by atoms with E-state index in [1.165, 1.54) is 24.6 Å². The molecule has 1 saturated carbocycles. The maximum absolute atomic E-state index is 12.7. The predicted molar refractivity (Wildman–Crippen MR) is 89.6 cm³/mol. The first-order chi connectivity index (χ1) is 11.3. The van der Waals surface area contributed by atoms with Crippen molar-refractivity contribution in [3.63, 3.8) is 0 Å². The van der Waals surface area contributed by atoms with E-state index >= 15 is 0 Å². The highest BCUT2D eigenvalue weighted by molar-refractivity contribution is 7.99. The van der Waals surface area contributed by atoms with E-state index in [4.69, 9.17) is 4.74 Å².